The second kappa shape index (κ2) is 5.52. The summed E-state index contributed by atoms with van der Waals surface area (Å²) in [5, 5.41) is 5.54. The summed E-state index contributed by atoms with van der Waals surface area (Å²) in [6, 6.07) is 10.8. The molecule has 0 radical (unpaired) electrons. The molecule has 0 saturated carbocycles. The van der Waals surface area contributed by atoms with E-state index in [-0.39, 0.29) is 18.4 Å². The van der Waals surface area contributed by atoms with Crippen molar-refractivity contribution in [2.75, 3.05) is 17.2 Å². The number of hydrogen-bond donors (Lipinski definition) is 2. The molecular weight excluding hydrogens is 280 g/mol. The van der Waals surface area contributed by atoms with Crippen LogP contribution < -0.4 is 15.4 Å². The van der Waals surface area contributed by atoms with Crippen molar-refractivity contribution in [3.05, 3.63) is 53.1 Å². The van der Waals surface area contributed by atoms with Crippen LogP contribution in [0.4, 0.5) is 11.4 Å². The molecule has 0 aromatic heterocycles. The Balaban J connectivity index is 1.89. The molecule has 0 saturated heterocycles. The fourth-order valence-electron chi connectivity index (χ4n) is 2.31. The van der Waals surface area contributed by atoms with Crippen LogP contribution in [0, 0.1) is 13.8 Å². The highest BCUT2D eigenvalue weighted by atomic mass is 16.5. The van der Waals surface area contributed by atoms with Gasteiger partial charge in [0.05, 0.1) is 11.3 Å². The van der Waals surface area contributed by atoms with Crippen LogP contribution in [0.15, 0.2) is 36.4 Å². The van der Waals surface area contributed by atoms with E-state index in [0.717, 1.165) is 11.1 Å². The number of carbonyl (C=O) groups is 2. The topological polar surface area (TPSA) is 67.4 Å². The number of fused-ring (bicyclic) bond motifs is 1. The van der Waals surface area contributed by atoms with Crippen molar-refractivity contribution in [3.8, 4) is 5.75 Å². The molecule has 0 aliphatic carbocycles. The maximum absolute atomic E-state index is 12.5. The molecule has 22 heavy (non-hydrogen) atoms. The number of benzene rings is 2. The van der Waals surface area contributed by atoms with E-state index >= 15 is 0 Å². The van der Waals surface area contributed by atoms with Gasteiger partial charge in [0.25, 0.3) is 11.8 Å². The van der Waals surface area contributed by atoms with Gasteiger partial charge < -0.3 is 15.4 Å². The largest absolute Gasteiger partial charge is 0.482 e. The maximum atomic E-state index is 12.5. The number of hydrogen-bond acceptors (Lipinski definition) is 3. The third kappa shape index (κ3) is 2.65. The Kier molecular flexibility index (Phi) is 3.55. The fraction of sp³-hybridized carbons (Fsp3) is 0.176. The highest BCUT2D eigenvalue weighted by Gasteiger charge is 2.22. The third-order valence-electron chi connectivity index (χ3n) is 3.66. The highest BCUT2D eigenvalue weighted by molar-refractivity contribution is 6.11. The number of ether oxygens (including phenoxy) is 1. The average molecular weight is 296 g/mol. The monoisotopic (exact) mass is 296 g/mol. The van der Waals surface area contributed by atoms with Crippen molar-refractivity contribution in [2.45, 2.75) is 13.8 Å². The quantitative estimate of drug-likeness (QED) is 0.895. The molecule has 0 unspecified atom stereocenters. The van der Waals surface area contributed by atoms with Crippen molar-refractivity contribution in [1.82, 2.24) is 0 Å². The first-order valence-corrected chi connectivity index (χ1v) is 6.99. The molecule has 2 aromatic carbocycles. The minimum absolute atomic E-state index is 0.0325. The molecule has 1 heterocycles. The van der Waals surface area contributed by atoms with E-state index in [9.17, 15) is 9.59 Å². The van der Waals surface area contributed by atoms with Gasteiger partial charge in [0.1, 0.15) is 5.75 Å². The van der Waals surface area contributed by atoms with E-state index in [1.54, 1.807) is 18.2 Å². The van der Waals surface area contributed by atoms with Gasteiger partial charge in [0.2, 0.25) is 0 Å². The summed E-state index contributed by atoms with van der Waals surface area (Å²) in [6.07, 6.45) is 0. The molecule has 2 aromatic rings. The molecule has 2 N–H and O–H groups in total. The average Bonchev–Trinajstić information content (AvgIpc) is 2.50. The zero-order valence-electron chi connectivity index (χ0n) is 12.4. The Morgan fingerprint density at radius 1 is 1.18 bits per heavy atom. The van der Waals surface area contributed by atoms with Crippen molar-refractivity contribution in [2.24, 2.45) is 0 Å². The van der Waals surface area contributed by atoms with Gasteiger partial charge in [-0.05, 0) is 49.2 Å². The smallest absolute Gasteiger partial charge is 0.262 e. The SMILES string of the molecule is Cc1ccc(NC(=O)c2cccc3c2NC(=O)CO3)cc1C. The van der Waals surface area contributed by atoms with E-state index in [1.807, 2.05) is 32.0 Å². The molecule has 112 valence electrons. The normalized spacial score (nSPS) is 12.9. The molecule has 5 nitrogen and oxygen atoms in total. The van der Waals surface area contributed by atoms with Crippen LogP contribution in [0.5, 0.6) is 5.75 Å². The van der Waals surface area contributed by atoms with Crippen molar-refractivity contribution >= 4 is 23.2 Å². The number of anilines is 2. The summed E-state index contributed by atoms with van der Waals surface area (Å²) in [5.41, 5.74) is 3.78. The van der Waals surface area contributed by atoms with Gasteiger partial charge in [-0.1, -0.05) is 12.1 Å². The molecule has 1 aliphatic rings. The van der Waals surface area contributed by atoms with Crippen molar-refractivity contribution in [1.29, 1.82) is 0 Å². The zero-order chi connectivity index (χ0) is 15.7. The number of nitrogens with one attached hydrogen (secondary N) is 2. The molecule has 0 bridgehead atoms. The van der Waals surface area contributed by atoms with E-state index in [2.05, 4.69) is 10.6 Å². The van der Waals surface area contributed by atoms with Crippen LogP contribution in [0.2, 0.25) is 0 Å². The van der Waals surface area contributed by atoms with E-state index in [4.69, 9.17) is 4.74 Å². The van der Waals surface area contributed by atoms with E-state index in [1.165, 1.54) is 0 Å². The lowest BCUT2D eigenvalue weighted by Crippen LogP contribution is -2.27. The Morgan fingerprint density at radius 3 is 2.77 bits per heavy atom. The predicted molar refractivity (Wildman–Crippen MR) is 84.4 cm³/mol. The van der Waals surface area contributed by atoms with Gasteiger partial charge >= 0.3 is 0 Å². The molecule has 0 atom stereocenters. The lowest BCUT2D eigenvalue weighted by Gasteiger charge is -2.20. The highest BCUT2D eigenvalue weighted by Crippen LogP contribution is 2.31. The lowest BCUT2D eigenvalue weighted by atomic mass is 10.1. The van der Waals surface area contributed by atoms with Gasteiger partial charge in [-0.25, -0.2) is 0 Å². The zero-order valence-corrected chi connectivity index (χ0v) is 12.4. The standard InChI is InChI=1S/C17H16N2O3/c1-10-6-7-12(8-11(10)2)18-17(21)13-4-3-5-14-16(13)19-15(20)9-22-14/h3-8H,9H2,1-2H3,(H,18,21)(H,19,20). The van der Waals surface area contributed by atoms with E-state index in [0.29, 0.717) is 22.7 Å². The minimum Gasteiger partial charge on any atom is -0.482 e. The Labute approximate surface area is 128 Å². The van der Waals surface area contributed by atoms with Crippen LogP contribution >= 0.6 is 0 Å². The Bertz CT molecular complexity index is 768. The van der Waals surface area contributed by atoms with Crippen LogP contribution in [-0.4, -0.2) is 18.4 Å². The molecule has 0 spiro atoms. The molecule has 5 heteroatoms. The van der Waals surface area contributed by atoms with Gasteiger partial charge in [0, 0.05) is 5.69 Å². The fourth-order valence-corrected chi connectivity index (χ4v) is 2.31. The summed E-state index contributed by atoms with van der Waals surface area (Å²) in [7, 11) is 0. The van der Waals surface area contributed by atoms with Gasteiger partial charge in [-0.3, -0.25) is 9.59 Å². The minimum atomic E-state index is -0.286. The van der Waals surface area contributed by atoms with Crippen molar-refractivity contribution in [3.63, 3.8) is 0 Å². The van der Waals surface area contributed by atoms with Crippen LogP contribution in [0.25, 0.3) is 0 Å². The van der Waals surface area contributed by atoms with Gasteiger partial charge in [-0.15, -0.1) is 0 Å². The Hall–Kier alpha value is -2.82. The van der Waals surface area contributed by atoms with Crippen molar-refractivity contribution < 1.29 is 14.3 Å². The molecule has 1 aliphatic heterocycles. The summed E-state index contributed by atoms with van der Waals surface area (Å²) in [6.45, 7) is 3.97. The van der Waals surface area contributed by atoms with Gasteiger partial charge in [0.15, 0.2) is 6.61 Å². The summed E-state index contributed by atoms with van der Waals surface area (Å²) in [5.74, 6) is -0.0443. The summed E-state index contributed by atoms with van der Waals surface area (Å²) in [4.78, 5) is 23.9. The number of rotatable bonds is 2. The first kappa shape index (κ1) is 14.1. The molecule has 0 fully saturated rings. The lowest BCUT2D eigenvalue weighted by molar-refractivity contribution is -0.118. The van der Waals surface area contributed by atoms with Crippen LogP contribution in [0.1, 0.15) is 21.5 Å². The molecular formula is C17H16N2O3. The number of para-hydroxylation sites is 1. The second-order valence-corrected chi connectivity index (χ2v) is 5.27. The number of aryl methyl sites for hydroxylation is 2. The first-order chi connectivity index (χ1) is 10.5. The van der Waals surface area contributed by atoms with Crippen LogP contribution in [-0.2, 0) is 4.79 Å². The molecule has 3 rings (SSSR count). The number of amides is 2. The second-order valence-electron chi connectivity index (χ2n) is 5.27. The first-order valence-electron chi connectivity index (χ1n) is 6.99. The third-order valence-corrected chi connectivity index (χ3v) is 3.66. The molecule has 2 amide bonds. The summed E-state index contributed by atoms with van der Waals surface area (Å²) >= 11 is 0. The Morgan fingerprint density at radius 2 is 2.00 bits per heavy atom. The van der Waals surface area contributed by atoms with Crippen LogP contribution in [0.3, 0.4) is 0 Å². The van der Waals surface area contributed by atoms with E-state index < -0.39 is 0 Å². The predicted octanol–water partition coefficient (Wildman–Crippen LogP) is 2.89. The van der Waals surface area contributed by atoms with Gasteiger partial charge in [-0.2, -0.15) is 0 Å². The maximum Gasteiger partial charge on any atom is 0.262 e. The summed E-state index contributed by atoms with van der Waals surface area (Å²) < 4.78 is 5.32. The number of carbonyl (C=O) groups excluding carboxylic acids is 2.